The van der Waals surface area contributed by atoms with Crippen LogP contribution in [0, 0.1) is 0 Å². The van der Waals surface area contributed by atoms with Gasteiger partial charge >= 0.3 is 0 Å². The minimum atomic E-state index is 0.0826. The van der Waals surface area contributed by atoms with Gasteiger partial charge in [0.2, 0.25) is 0 Å². The molecular weight excluding hydrogens is 268 g/mol. The lowest BCUT2D eigenvalue weighted by Gasteiger charge is -2.13. The summed E-state index contributed by atoms with van der Waals surface area (Å²) in [4.78, 5) is 4.71. The molecule has 0 saturated heterocycles. The van der Waals surface area contributed by atoms with Crippen LogP contribution in [0.15, 0.2) is 24.3 Å². The van der Waals surface area contributed by atoms with Crippen LogP contribution in [0.25, 0.3) is 21.5 Å². The highest BCUT2D eigenvalue weighted by Crippen LogP contribution is 2.33. The molecule has 0 saturated carbocycles. The SMILES string of the molecule is Cn1nc(-c2ccc3nc(C(C)(C)C)sc3c2)cc1N. The van der Waals surface area contributed by atoms with E-state index in [0.717, 1.165) is 21.8 Å². The van der Waals surface area contributed by atoms with Crippen molar-refractivity contribution >= 4 is 27.4 Å². The first kappa shape index (κ1) is 13.1. The lowest BCUT2D eigenvalue weighted by molar-refractivity contribution is 0.587. The van der Waals surface area contributed by atoms with E-state index in [9.17, 15) is 0 Å². The summed E-state index contributed by atoms with van der Waals surface area (Å²) < 4.78 is 2.88. The van der Waals surface area contributed by atoms with Gasteiger partial charge in [-0.25, -0.2) is 4.98 Å². The van der Waals surface area contributed by atoms with Gasteiger partial charge < -0.3 is 5.73 Å². The van der Waals surface area contributed by atoms with Crippen molar-refractivity contribution < 1.29 is 0 Å². The molecule has 0 aliphatic carbocycles. The molecule has 0 atom stereocenters. The fourth-order valence-corrected chi connectivity index (χ4v) is 3.09. The summed E-state index contributed by atoms with van der Waals surface area (Å²) in [6, 6.07) is 8.15. The molecule has 0 radical (unpaired) electrons. The highest BCUT2D eigenvalue weighted by molar-refractivity contribution is 7.18. The van der Waals surface area contributed by atoms with Gasteiger partial charge in [-0.05, 0) is 12.1 Å². The van der Waals surface area contributed by atoms with E-state index in [4.69, 9.17) is 10.7 Å². The Labute approximate surface area is 122 Å². The van der Waals surface area contributed by atoms with Crippen molar-refractivity contribution in [2.45, 2.75) is 26.2 Å². The number of rotatable bonds is 1. The molecule has 2 aromatic heterocycles. The van der Waals surface area contributed by atoms with Gasteiger partial charge in [0.25, 0.3) is 0 Å². The van der Waals surface area contributed by atoms with Gasteiger partial charge in [-0.1, -0.05) is 26.8 Å². The topological polar surface area (TPSA) is 56.7 Å². The second-order valence-corrected chi connectivity index (χ2v) is 7.06. The smallest absolute Gasteiger partial charge is 0.121 e. The van der Waals surface area contributed by atoms with Crippen LogP contribution in [0.4, 0.5) is 5.82 Å². The Morgan fingerprint density at radius 3 is 2.55 bits per heavy atom. The number of hydrogen-bond acceptors (Lipinski definition) is 4. The third-order valence-electron chi connectivity index (χ3n) is 3.24. The zero-order chi connectivity index (χ0) is 14.5. The maximum Gasteiger partial charge on any atom is 0.121 e. The van der Waals surface area contributed by atoms with Crippen LogP contribution >= 0.6 is 11.3 Å². The Balaban J connectivity index is 2.11. The number of hydrogen-bond donors (Lipinski definition) is 1. The fourth-order valence-electron chi connectivity index (χ4n) is 2.03. The normalized spacial score (nSPS) is 12.2. The van der Waals surface area contributed by atoms with Gasteiger partial charge in [-0.2, -0.15) is 5.10 Å². The molecule has 20 heavy (non-hydrogen) atoms. The number of thiazole rings is 1. The number of anilines is 1. The fraction of sp³-hybridized carbons (Fsp3) is 0.333. The van der Waals surface area contributed by atoms with Gasteiger partial charge in [0.15, 0.2) is 0 Å². The first-order valence-corrected chi connectivity index (χ1v) is 7.37. The maximum atomic E-state index is 5.84. The molecule has 3 rings (SSSR count). The van der Waals surface area contributed by atoms with Crippen molar-refractivity contribution in [3.63, 3.8) is 0 Å². The zero-order valence-corrected chi connectivity index (χ0v) is 13.0. The summed E-state index contributed by atoms with van der Waals surface area (Å²) in [5, 5.41) is 5.58. The monoisotopic (exact) mass is 286 g/mol. The van der Waals surface area contributed by atoms with Gasteiger partial charge in [-0.3, -0.25) is 4.68 Å². The maximum absolute atomic E-state index is 5.84. The summed E-state index contributed by atoms with van der Waals surface area (Å²) in [6.07, 6.45) is 0. The molecule has 4 nitrogen and oxygen atoms in total. The van der Waals surface area contributed by atoms with Crippen LogP contribution < -0.4 is 5.73 Å². The van der Waals surface area contributed by atoms with Crippen LogP contribution in [-0.2, 0) is 12.5 Å². The zero-order valence-electron chi connectivity index (χ0n) is 12.1. The van der Waals surface area contributed by atoms with Gasteiger partial charge in [0.1, 0.15) is 5.82 Å². The van der Waals surface area contributed by atoms with E-state index in [1.165, 1.54) is 4.70 Å². The quantitative estimate of drug-likeness (QED) is 0.744. The molecule has 3 aromatic rings. The van der Waals surface area contributed by atoms with E-state index in [-0.39, 0.29) is 5.41 Å². The molecule has 0 fully saturated rings. The molecule has 0 unspecified atom stereocenters. The van der Waals surface area contributed by atoms with Crippen molar-refractivity contribution in [3.05, 3.63) is 29.3 Å². The molecule has 1 aromatic carbocycles. The van der Waals surface area contributed by atoms with Crippen LogP contribution in [0.1, 0.15) is 25.8 Å². The number of nitrogens with zero attached hydrogens (tertiary/aromatic N) is 3. The predicted molar refractivity (Wildman–Crippen MR) is 84.9 cm³/mol. The number of nitrogens with two attached hydrogens (primary N) is 1. The first-order chi connectivity index (χ1) is 9.34. The third kappa shape index (κ3) is 2.18. The van der Waals surface area contributed by atoms with Crippen molar-refractivity contribution in [3.8, 4) is 11.3 Å². The Kier molecular flexibility index (Phi) is 2.83. The molecule has 0 amide bonds. The Morgan fingerprint density at radius 2 is 1.95 bits per heavy atom. The highest BCUT2D eigenvalue weighted by Gasteiger charge is 2.19. The summed E-state index contributed by atoms with van der Waals surface area (Å²) in [5.74, 6) is 0.666. The molecular formula is C15H18N4S. The lowest BCUT2D eigenvalue weighted by atomic mass is 9.98. The minimum Gasteiger partial charge on any atom is -0.384 e. The van der Waals surface area contributed by atoms with Gasteiger partial charge in [-0.15, -0.1) is 11.3 Å². The number of nitrogen functional groups attached to an aromatic ring is 1. The van der Waals surface area contributed by atoms with E-state index in [2.05, 4.69) is 44.1 Å². The summed E-state index contributed by atoms with van der Waals surface area (Å²) in [6.45, 7) is 6.56. The van der Waals surface area contributed by atoms with Gasteiger partial charge in [0.05, 0.1) is 20.9 Å². The molecule has 0 bridgehead atoms. The number of aromatic nitrogens is 3. The Bertz CT molecular complexity index is 757. The molecule has 104 valence electrons. The van der Waals surface area contributed by atoms with E-state index < -0.39 is 0 Å². The number of aryl methyl sites for hydroxylation is 1. The standard InChI is InChI=1S/C15H18N4S/c1-15(2,3)14-17-10-6-5-9(7-12(10)20-14)11-8-13(16)19(4)18-11/h5-8H,16H2,1-4H3. The molecule has 5 heteroatoms. The van der Waals surface area contributed by atoms with Crippen LogP contribution in [0.2, 0.25) is 0 Å². The number of benzene rings is 1. The van der Waals surface area contributed by atoms with Gasteiger partial charge in [0, 0.05) is 24.1 Å². The van der Waals surface area contributed by atoms with Crippen LogP contribution in [0.5, 0.6) is 0 Å². The highest BCUT2D eigenvalue weighted by atomic mass is 32.1. The first-order valence-electron chi connectivity index (χ1n) is 6.55. The van der Waals surface area contributed by atoms with Crippen molar-refractivity contribution in [2.24, 2.45) is 7.05 Å². The largest absolute Gasteiger partial charge is 0.384 e. The van der Waals surface area contributed by atoms with Crippen molar-refractivity contribution in [1.29, 1.82) is 0 Å². The van der Waals surface area contributed by atoms with E-state index in [0.29, 0.717) is 5.82 Å². The summed E-state index contributed by atoms with van der Waals surface area (Å²) in [5.41, 5.74) is 8.95. The average molecular weight is 286 g/mol. The second-order valence-electron chi connectivity index (χ2n) is 6.03. The predicted octanol–water partition coefficient (Wildman–Crippen LogP) is 3.58. The molecule has 0 spiro atoms. The average Bonchev–Trinajstić information content (AvgIpc) is 2.92. The Morgan fingerprint density at radius 1 is 1.20 bits per heavy atom. The van der Waals surface area contributed by atoms with Crippen molar-refractivity contribution in [1.82, 2.24) is 14.8 Å². The molecule has 0 aliphatic rings. The van der Waals surface area contributed by atoms with Crippen LogP contribution in [0.3, 0.4) is 0 Å². The molecule has 0 aliphatic heterocycles. The number of fused-ring (bicyclic) bond motifs is 1. The van der Waals surface area contributed by atoms with E-state index in [1.54, 1.807) is 16.0 Å². The van der Waals surface area contributed by atoms with E-state index >= 15 is 0 Å². The van der Waals surface area contributed by atoms with Crippen molar-refractivity contribution in [2.75, 3.05) is 5.73 Å². The lowest BCUT2D eigenvalue weighted by Crippen LogP contribution is -2.09. The third-order valence-corrected chi connectivity index (χ3v) is 4.69. The summed E-state index contributed by atoms with van der Waals surface area (Å²) >= 11 is 1.75. The van der Waals surface area contributed by atoms with Crippen LogP contribution in [-0.4, -0.2) is 14.8 Å². The second kappa shape index (κ2) is 4.31. The van der Waals surface area contributed by atoms with E-state index in [1.807, 2.05) is 13.1 Å². The minimum absolute atomic E-state index is 0.0826. The summed E-state index contributed by atoms with van der Waals surface area (Å²) in [7, 11) is 1.85. The Hall–Kier alpha value is -1.88. The molecule has 2 heterocycles. The molecule has 2 N–H and O–H groups in total.